The molecule has 1 aromatic heterocycles. The molecule has 2 aromatic rings. The molecule has 3 rings (SSSR count). The highest BCUT2D eigenvalue weighted by molar-refractivity contribution is 7.85. The summed E-state index contributed by atoms with van der Waals surface area (Å²) in [5.41, 5.74) is 3.05. The molecule has 134 valence electrons. The smallest absolute Gasteiger partial charge is 0.273 e. The normalized spacial score (nSPS) is 13.6. The molecule has 0 fully saturated rings. The van der Waals surface area contributed by atoms with Crippen LogP contribution < -0.4 is 11.2 Å². The van der Waals surface area contributed by atoms with Gasteiger partial charge in [0.1, 0.15) is 12.0 Å². The molecule has 10 heteroatoms. The van der Waals surface area contributed by atoms with Crippen LogP contribution in [-0.2, 0) is 16.7 Å². The van der Waals surface area contributed by atoms with Crippen molar-refractivity contribution in [2.24, 2.45) is 10.9 Å². The third-order valence-electron chi connectivity index (χ3n) is 3.50. The summed E-state index contributed by atoms with van der Waals surface area (Å²) in [5.74, 6) is 4.82. The molecule has 4 N–H and O–H groups in total. The van der Waals surface area contributed by atoms with Gasteiger partial charge in [-0.15, -0.1) is 0 Å². The molecule has 1 aliphatic heterocycles. The van der Waals surface area contributed by atoms with E-state index in [1.54, 1.807) is 6.07 Å². The van der Waals surface area contributed by atoms with E-state index in [2.05, 4.69) is 10.4 Å². The van der Waals surface area contributed by atoms with E-state index >= 15 is 0 Å². The molecule has 0 spiro atoms. The first-order chi connectivity index (χ1) is 11.6. The van der Waals surface area contributed by atoms with Crippen LogP contribution in [0.15, 0.2) is 23.3 Å². The van der Waals surface area contributed by atoms with Gasteiger partial charge in [-0.3, -0.25) is 14.1 Å². The van der Waals surface area contributed by atoms with E-state index in [1.165, 1.54) is 0 Å². The van der Waals surface area contributed by atoms with Gasteiger partial charge in [0.2, 0.25) is 0 Å². The second-order valence-corrected chi connectivity index (χ2v) is 7.06. The number of hydrogen-bond donors (Lipinski definition) is 3. The van der Waals surface area contributed by atoms with Crippen LogP contribution in [0.1, 0.15) is 32.8 Å². The van der Waals surface area contributed by atoms with Gasteiger partial charge in [0.05, 0.1) is 11.8 Å². The summed E-state index contributed by atoms with van der Waals surface area (Å²) in [4.78, 5) is 24.1. The van der Waals surface area contributed by atoms with Gasteiger partial charge in [-0.25, -0.2) is 0 Å². The van der Waals surface area contributed by atoms with Crippen LogP contribution in [0.3, 0.4) is 0 Å². The average molecular weight is 366 g/mol. The third kappa shape index (κ3) is 4.43. The molecule has 1 amide bonds. The predicted molar refractivity (Wildman–Crippen MR) is 93.2 cm³/mol. The summed E-state index contributed by atoms with van der Waals surface area (Å²) in [6.45, 7) is 2.46. The molecule has 0 aliphatic carbocycles. The second kappa shape index (κ2) is 7.03. The zero-order valence-corrected chi connectivity index (χ0v) is 14.5. The molecule has 9 nitrogen and oxygen atoms in total. The number of aryl methyl sites for hydroxylation is 2. The molecule has 0 saturated carbocycles. The number of benzene rings is 1. The van der Waals surface area contributed by atoms with Gasteiger partial charge in [-0.1, -0.05) is 0 Å². The summed E-state index contributed by atoms with van der Waals surface area (Å²) in [5, 5.41) is 6.65. The first kappa shape index (κ1) is 18.6. The van der Waals surface area contributed by atoms with Crippen molar-refractivity contribution >= 4 is 39.1 Å². The van der Waals surface area contributed by atoms with E-state index in [4.69, 9.17) is 10.4 Å². The van der Waals surface area contributed by atoms with Crippen LogP contribution in [0.25, 0.3) is 10.9 Å². The zero-order chi connectivity index (χ0) is 18.8. The molecular formula is C15H18N4O5S. The second-order valence-electron chi connectivity index (χ2n) is 5.59. The SMILES string of the molecule is CS(=O)(=O)O.Cc1cc2c3c(c1)cc(C(=O)NC=NN)n3CCC2=O. The van der Waals surface area contributed by atoms with Crippen molar-refractivity contribution in [3.63, 3.8) is 0 Å². The fourth-order valence-corrected chi connectivity index (χ4v) is 2.71. The zero-order valence-electron chi connectivity index (χ0n) is 13.7. The average Bonchev–Trinajstić information content (AvgIpc) is 2.86. The standard InChI is InChI=1S/C14H14N4O2.CH4O3S/c1-8-4-9-6-11(14(20)16-7-17-15)18-3-2-12(19)10(5-8)13(9)18;1-5(2,3)4/h4-7H,2-3,15H2,1H3,(H,16,17,20);1H3,(H,2,3,4). The van der Waals surface area contributed by atoms with Crippen molar-refractivity contribution in [2.45, 2.75) is 19.9 Å². The lowest BCUT2D eigenvalue weighted by Crippen LogP contribution is -2.26. The number of hydrazone groups is 1. The highest BCUT2D eigenvalue weighted by atomic mass is 32.2. The molecule has 0 saturated heterocycles. The minimum absolute atomic E-state index is 0.125. The Morgan fingerprint density at radius 2 is 2.04 bits per heavy atom. The third-order valence-corrected chi connectivity index (χ3v) is 3.50. The van der Waals surface area contributed by atoms with Crippen LogP contribution >= 0.6 is 0 Å². The largest absolute Gasteiger partial charge is 0.335 e. The molecule has 1 aromatic carbocycles. The van der Waals surface area contributed by atoms with Crippen molar-refractivity contribution in [2.75, 3.05) is 6.26 Å². The molecule has 0 radical (unpaired) electrons. The lowest BCUT2D eigenvalue weighted by molar-refractivity contribution is 0.0947. The molecular weight excluding hydrogens is 348 g/mol. The number of nitrogens with two attached hydrogens (primary N) is 1. The number of nitrogens with one attached hydrogen (secondary N) is 1. The van der Waals surface area contributed by atoms with Gasteiger partial charge in [0.25, 0.3) is 16.0 Å². The maximum atomic E-state index is 12.1. The summed E-state index contributed by atoms with van der Waals surface area (Å²) in [6, 6.07) is 5.65. The Kier molecular flexibility index (Phi) is 5.24. The van der Waals surface area contributed by atoms with E-state index in [0.29, 0.717) is 30.5 Å². The molecule has 25 heavy (non-hydrogen) atoms. The van der Waals surface area contributed by atoms with Crippen molar-refractivity contribution in [1.82, 2.24) is 9.88 Å². The van der Waals surface area contributed by atoms with Crippen molar-refractivity contribution in [3.8, 4) is 0 Å². The number of ketones is 1. The lowest BCUT2D eigenvalue weighted by atomic mass is 10.00. The quantitative estimate of drug-likeness (QED) is 0.234. The number of carbonyl (C=O) groups is 2. The minimum atomic E-state index is -3.67. The number of nitrogens with zero attached hydrogens (tertiary/aromatic N) is 2. The minimum Gasteiger partial charge on any atom is -0.335 e. The van der Waals surface area contributed by atoms with Crippen LogP contribution in [0.5, 0.6) is 0 Å². The van der Waals surface area contributed by atoms with Crippen molar-refractivity contribution in [1.29, 1.82) is 0 Å². The van der Waals surface area contributed by atoms with E-state index in [9.17, 15) is 18.0 Å². The Morgan fingerprint density at radius 3 is 2.64 bits per heavy atom. The van der Waals surface area contributed by atoms with Crippen LogP contribution in [0, 0.1) is 6.92 Å². The van der Waals surface area contributed by atoms with Gasteiger partial charge in [-0.05, 0) is 30.7 Å². The van der Waals surface area contributed by atoms with E-state index in [0.717, 1.165) is 22.8 Å². The lowest BCUT2D eigenvalue weighted by Gasteiger charge is -2.17. The Labute approximate surface area is 144 Å². The van der Waals surface area contributed by atoms with Gasteiger partial charge < -0.3 is 15.7 Å². The molecule has 1 aliphatic rings. The van der Waals surface area contributed by atoms with E-state index in [1.807, 2.05) is 23.6 Å². The highest BCUT2D eigenvalue weighted by Gasteiger charge is 2.24. The van der Waals surface area contributed by atoms with Crippen molar-refractivity contribution < 1.29 is 22.6 Å². The summed E-state index contributed by atoms with van der Waals surface area (Å²) in [6.07, 6.45) is 2.27. The number of amides is 1. The Balaban J connectivity index is 0.000000399. The predicted octanol–water partition coefficient (Wildman–Crippen LogP) is 0.672. The van der Waals surface area contributed by atoms with Crippen LogP contribution in [0.2, 0.25) is 0 Å². The summed E-state index contributed by atoms with van der Waals surface area (Å²) < 4.78 is 27.7. The van der Waals surface area contributed by atoms with Crippen molar-refractivity contribution in [3.05, 3.63) is 35.0 Å². The maximum Gasteiger partial charge on any atom is 0.273 e. The Bertz CT molecular complexity index is 967. The van der Waals surface area contributed by atoms with Gasteiger partial charge >= 0.3 is 0 Å². The highest BCUT2D eigenvalue weighted by Crippen LogP contribution is 2.30. The van der Waals surface area contributed by atoms with Gasteiger partial charge in [0, 0.05) is 23.9 Å². The van der Waals surface area contributed by atoms with Gasteiger partial charge in [-0.2, -0.15) is 13.5 Å². The van der Waals surface area contributed by atoms with Crippen LogP contribution in [-0.4, -0.2) is 41.8 Å². The topological polar surface area (TPSA) is 144 Å². The molecule has 0 atom stereocenters. The number of rotatable bonds is 2. The fraction of sp³-hybridized carbons (Fsp3) is 0.267. The molecule has 0 bridgehead atoms. The summed E-state index contributed by atoms with van der Waals surface area (Å²) >= 11 is 0. The molecule has 2 heterocycles. The van der Waals surface area contributed by atoms with E-state index < -0.39 is 10.1 Å². The van der Waals surface area contributed by atoms with Gasteiger partial charge in [0.15, 0.2) is 5.78 Å². The Morgan fingerprint density at radius 1 is 1.40 bits per heavy atom. The first-order valence-corrected chi connectivity index (χ1v) is 9.08. The maximum absolute atomic E-state index is 12.1. The fourth-order valence-electron chi connectivity index (χ4n) is 2.71. The first-order valence-electron chi connectivity index (χ1n) is 7.24. The summed E-state index contributed by atoms with van der Waals surface area (Å²) in [7, 11) is -3.67. The molecule has 0 unspecified atom stereocenters. The monoisotopic (exact) mass is 366 g/mol. The number of hydrogen-bond acceptors (Lipinski definition) is 6. The Hall–Kier alpha value is -2.72. The van der Waals surface area contributed by atoms with Crippen LogP contribution in [0.4, 0.5) is 0 Å². The number of carbonyl (C=O) groups excluding carboxylic acids is 2. The number of Topliss-reactive ketones (excluding diaryl/α,β-unsaturated/α-hetero) is 1. The number of aromatic nitrogens is 1. The van der Waals surface area contributed by atoms with E-state index in [-0.39, 0.29) is 11.7 Å².